The number of rotatable bonds is 5. The summed E-state index contributed by atoms with van der Waals surface area (Å²) in [5.74, 6) is -0.249. The molecule has 0 fully saturated rings. The highest BCUT2D eigenvalue weighted by Crippen LogP contribution is 2.17. The van der Waals surface area contributed by atoms with E-state index >= 15 is 0 Å². The number of anilines is 1. The quantitative estimate of drug-likeness (QED) is 0.849. The fourth-order valence-corrected chi connectivity index (χ4v) is 1.72. The molecule has 5 heteroatoms. The second-order valence-electron chi connectivity index (χ2n) is 4.18. The Kier molecular flexibility index (Phi) is 3.94. The fourth-order valence-electron chi connectivity index (χ4n) is 1.72. The van der Waals surface area contributed by atoms with Crippen molar-refractivity contribution in [2.45, 2.75) is 19.6 Å². The van der Waals surface area contributed by atoms with Gasteiger partial charge in [-0.2, -0.15) is 5.10 Å². The van der Waals surface area contributed by atoms with Gasteiger partial charge in [-0.15, -0.1) is 0 Å². The van der Waals surface area contributed by atoms with Crippen LogP contribution in [0.15, 0.2) is 36.7 Å². The molecule has 0 aliphatic rings. The van der Waals surface area contributed by atoms with Crippen LogP contribution in [0.25, 0.3) is 0 Å². The van der Waals surface area contributed by atoms with Crippen LogP contribution >= 0.6 is 0 Å². The third-order valence-corrected chi connectivity index (χ3v) is 2.75. The molecule has 0 saturated heterocycles. The third kappa shape index (κ3) is 3.07. The number of aliphatic hydroxyl groups is 1. The van der Waals surface area contributed by atoms with Crippen molar-refractivity contribution in [1.29, 1.82) is 0 Å². The molecule has 1 heterocycles. The van der Waals surface area contributed by atoms with Crippen LogP contribution in [0, 0.1) is 12.7 Å². The lowest BCUT2D eigenvalue weighted by Crippen LogP contribution is -2.25. The van der Waals surface area contributed by atoms with E-state index in [9.17, 15) is 9.50 Å². The number of benzene rings is 1. The van der Waals surface area contributed by atoms with Crippen LogP contribution in [-0.2, 0) is 6.54 Å². The van der Waals surface area contributed by atoms with Gasteiger partial charge in [0.05, 0.1) is 12.6 Å². The van der Waals surface area contributed by atoms with Crippen molar-refractivity contribution in [3.8, 4) is 0 Å². The van der Waals surface area contributed by atoms with Crippen LogP contribution in [0.5, 0.6) is 0 Å². The fraction of sp³-hybridized carbons (Fsp3) is 0.308. The molecule has 4 nitrogen and oxygen atoms in total. The van der Waals surface area contributed by atoms with Crippen molar-refractivity contribution in [2.24, 2.45) is 0 Å². The summed E-state index contributed by atoms with van der Waals surface area (Å²) < 4.78 is 14.9. The normalized spacial score (nSPS) is 12.4. The molecule has 0 saturated carbocycles. The number of aromatic nitrogens is 2. The predicted molar refractivity (Wildman–Crippen MR) is 67.9 cm³/mol. The molecule has 18 heavy (non-hydrogen) atoms. The predicted octanol–water partition coefficient (Wildman–Crippen LogP) is 1.80. The molecular weight excluding hydrogens is 233 g/mol. The van der Waals surface area contributed by atoms with Crippen LogP contribution in [0.2, 0.25) is 0 Å². The lowest BCUT2D eigenvalue weighted by Gasteiger charge is -2.14. The molecule has 0 radical (unpaired) electrons. The van der Waals surface area contributed by atoms with E-state index in [0.29, 0.717) is 24.3 Å². The maximum atomic E-state index is 13.3. The minimum Gasteiger partial charge on any atom is -0.389 e. The van der Waals surface area contributed by atoms with E-state index in [1.54, 1.807) is 42.2 Å². The largest absolute Gasteiger partial charge is 0.389 e. The van der Waals surface area contributed by atoms with Gasteiger partial charge in [0.15, 0.2) is 0 Å². The smallest absolute Gasteiger partial charge is 0.128 e. The topological polar surface area (TPSA) is 50.1 Å². The Balaban J connectivity index is 1.89. The van der Waals surface area contributed by atoms with Gasteiger partial charge in [-0.3, -0.25) is 4.68 Å². The van der Waals surface area contributed by atoms with E-state index in [1.165, 1.54) is 6.07 Å². The number of hydrogen-bond donors (Lipinski definition) is 2. The second kappa shape index (κ2) is 5.64. The molecule has 2 rings (SSSR count). The Labute approximate surface area is 105 Å². The monoisotopic (exact) mass is 249 g/mol. The number of nitrogens with zero attached hydrogens (tertiary/aromatic N) is 2. The summed E-state index contributed by atoms with van der Waals surface area (Å²) in [4.78, 5) is 0. The standard InChI is InChI=1S/C13H16FN3O/c1-10-12(14)4-2-5-13(10)15-8-11(18)9-17-7-3-6-16-17/h2-7,11,15,18H,8-9H2,1H3. The molecule has 2 aromatic rings. The van der Waals surface area contributed by atoms with Crippen LogP contribution in [0.4, 0.5) is 10.1 Å². The lowest BCUT2D eigenvalue weighted by atomic mass is 10.2. The maximum Gasteiger partial charge on any atom is 0.128 e. The summed E-state index contributed by atoms with van der Waals surface area (Å²) >= 11 is 0. The van der Waals surface area contributed by atoms with Crippen molar-refractivity contribution in [2.75, 3.05) is 11.9 Å². The highest BCUT2D eigenvalue weighted by Gasteiger charge is 2.07. The lowest BCUT2D eigenvalue weighted by molar-refractivity contribution is 0.161. The zero-order valence-electron chi connectivity index (χ0n) is 10.2. The van der Waals surface area contributed by atoms with Crippen LogP contribution in [0.1, 0.15) is 5.56 Å². The van der Waals surface area contributed by atoms with Gasteiger partial charge in [0, 0.05) is 30.2 Å². The summed E-state index contributed by atoms with van der Waals surface area (Å²) in [7, 11) is 0. The molecular formula is C13H16FN3O. The van der Waals surface area contributed by atoms with Gasteiger partial charge in [-0.05, 0) is 25.1 Å². The average Bonchev–Trinajstić information content (AvgIpc) is 2.84. The number of nitrogens with one attached hydrogen (secondary N) is 1. The highest BCUT2D eigenvalue weighted by molar-refractivity contribution is 5.50. The van der Waals surface area contributed by atoms with E-state index in [4.69, 9.17) is 0 Å². The van der Waals surface area contributed by atoms with Crippen LogP contribution in [-0.4, -0.2) is 27.5 Å². The summed E-state index contributed by atoms with van der Waals surface area (Å²) in [5.41, 5.74) is 1.26. The molecule has 0 aliphatic carbocycles. The Morgan fingerprint density at radius 3 is 3.00 bits per heavy atom. The first-order valence-electron chi connectivity index (χ1n) is 5.81. The van der Waals surface area contributed by atoms with E-state index < -0.39 is 6.10 Å². The minimum absolute atomic E-state index is 0.249. The molecule has 96 valence electrons. The van der Waals surface area contributed by atoms with Gasteiger partial charge < -0.3 is 10.4 Å². The molecule has 1 atom stereocenters. The zero-order valence-corrected chi connectivity index (χ0v) is 10.2. The minimum atomic E-state index is -0.576. The van der Waals surface area contributed by atoms with Gasteiger partial charge in [0.1, 0.15) is 5.82 Å². The third-order valence-electron chi connectivity index (χ3n) is 2.75. The molecule has 0 spiro atoms. The van der Waals surface area contributed by atoms with Crippen molar-refractivity contribution >= 4 is 5.69 Å². The van der Waals surface area contributed by atoms with Gasteiger partial charge in [0.2, 0.25) is 0 Å². The molecule has 1 aromatic heterocycles. The summed E-state index contributed by atoms with van der Waals surface area (Å²) in [6, 6.07) is 6.65. The van der Waals surface area contributed by atoms with E-state index in [2.05, 4.69) is 10.4 Å². The van der Waals surface area contributed by atoms with Gasteiger partial charge in [-0.1, -0.05) is 6.07 Å². The number of aliphatic hydroxyl groups excluding tert-OH is 1. The Hall–Kier alpha value is -1.88. The average molecular weight is 249 g/mol. The second-order valence-corrected chi connectivity index (χ2v) is 4.18. The Morgan fingerprint density at radius 1 is 1.44 bits per heavy atom. The SMILES string of the molecule is Cc1c(F)cccc1NCC(O)Cn1cccn1. The first-order valence-corrected chi connectivity index (χ1v) is 5.81. The highest BCUT2D eigenvalue weighted by atomic mass is 19.1. The summed E-state index contributed by atoms with van der Waals surface area (Å²) in [6.07, 6.45) is 2.88. The van der Waals surface area contributed by atoms with Crippen molar-refractivity contribution in [3.05, 3.63) is 48.0 Å². The molecule has 2 N–H and O–H groups in total. The summed E-state index contributed by atoms with van der Waals surface area (Å²) in [5, 5.41) is 16.9. The molecule has 0 amide bonds. The first kappa shape index (κ1) is 12.6. The van der Waals surface area contributed by atoms with Crippen LogP contribution in [0.3, 0.4) is 0 Å². The number of hydrogen-bond acceptors (Lipinski definition) is 3. The van der Waals surface area contributed by atoms with Gasteiger partial charge >= 0.3 is 0 Å². The Bertz CT molecular complexity index is 499. The molecule has 1 aromatic carbocycles. The zero-order chi connectivity index (χ0) is 13.0. The van der Waals surface area contributed by atoms with Crippen molar-refractivity contribution < 1.29 is 9.50 Å². The van der Waals surface area contributed by atoms with Crippen molar-refractivity contribution in [3.63, 3.8) is 0 Å². The molecule has 0 bridgehead atoms. The Morgan fingerprint density at radius 2 is 2.28 bits per heavy atom. The van der Waals surface area contributed by atoms with E-state index in [1.807, 2.05) is 0 Å². The van der Waals surface area contributed by atoms with Gasteiger partial charge in [-0.25, -0.2) is 4.39 Å². The van der Waals surface area contributed by atoms with Crippen molar-refractivity contribution in [1.82, 2.24) is 9.78 Å². The van der Waals surface area contributed by atoms with Crippen LogP contribution < -0.4 is 5.32 Å². The first-order chi connectivity index (χ1) is 8.66. The van der Waals surface area contributed by atoms with E-state index in [0.717, 1.165) is 0 Å². The molecule has 1 unspecified atom stereocenters. The summed E-state index contributed by atoms with van der Waals surface area (Å²) in [6.45, 7) is 2.47. The maximum absolute atomic E-state index is 13.3. The number of halogens is 1. The van der Waals surface area contributed by atoms with Gasteiger partial charge in [0.25, 0.3) is 0 Å². The van der Waals surface area contributed by atoms with E-state index in [-0.39, 0.29) is 5.82 Å². The molecule has 0 aliphatic heterocycles.